The topological polar surface area (TPSA) is 60.9 Å². The molecule has 21 heavy (non-hydrogen) atoms. The van der Waals surface area contributed by atoms with E-state index in [1.807, 2.05) is 6.07 Å². The Morgan fingerprint density at radius 1 is 1.19 bits per heavy atom. The lowest BCUT2D eigenvalue weighted by Crippen LogP contribution is -2.48. The van der Waals surface area contributed by atoms with Crippen LogP contribution in [0, 0.1) is 0 Å². The van der Waals surface area contributed by atoms with E-state index >= 15 is 0 Å². The molecule has 2 rings (SSSR count). The summed E-state index contributed by atoms with van der Waals surface area (Å²) in [4.78, 5) is 28.6. The summed E-state index contributed by atoms with van der Waals surface area (Å²) in [5.41, 5.74) is 0.454. The van der Waals surface area contributed by atoms with Gasteiger partial charge in [-0.1, -0.05) is 6.07 Å². The zero-order valence-corrected chi connectivity index (χ0v) is 13.2. The number of carboxylic acid groups (broad SMARTS) is 1. The van der Waals surface area contributed by atoms with Gasteiger partial charge in [-0.2, -0.15) is 0 Å². The molecule has 6 heteroatoms. The first-order valence-corrected chi connectivity index (χ1v) is 7.81. The van der Waals surface area contributed by atoms with Crippen molar-refractivity contribution in [2.75, 3.05) is 26.2 Å². The van der Waals surface area contributed by atoms with Gasteiger partial charge in [-0.3, -0.25) is 9.69 Å². The summed E-state index contributed by atoms with van der Waals surface area (Å²) >= 11 is 1.74. The molecule has 0 spiro atoms. The average Bonchev–Trinajstić information content (AvgIpc) is 2.98. The Bertz CT molecular complexity index is 543. The number of carbonyl (C=O) groups is 2. The first kappa shape index (κ1) is 15.7. The number of nitrogens with zero attached hydrogens (tertiary/aromatic N) is 2. The molecule has 1 amide bonds. The molecule has 1 aromatic rings. The van der Waals surface area contributed by atoms with E-state index in [1.165, 1.54) is 11.8 Å². The van der Waals surface area contributed by atoms with Crippen molar-refractivity contribution in [1.82, 2.24) is 9.80 Å². The molecule has 1 saturated heterocycles. The van der Waals surface area contributed by atoms with Crippen LogP contribution in [0.15, 0.2) is 28.7 Å². The Labute approximate surface area is 128 Å². The fraction of sp³-hybridized carbons (Fsp3) is 0.467. The monoisotopic (exact) mass is 308 g/mol. The molecule has 1 N–H and O–H groups in total. The number of hydrogen-bond donors (Lipinski definition) is 1. The number of hydrogen-bond acceptors (Lipinski definition) is 4. The van der Waals surface area contributed by atoms with E-state index in [-0.39, 0.29) is 11.5 Å². The zero-order valence-electron chi connectivity index (χ0n) is 12.3. The molecule has 5 nitrogen and oxygen atoms in total. The van der Waals surface area contributed by atoms with Gasteiger partial charge in [0.15, 0.2) is 0 Å². The van der Waals surface area contributed by atoms with E-state index in [4.69, 9.17) is 5.11 Å². The van der Waals surface area contributed by atoms with E-state index in [0.29, 0.717) is 18.7 Å². The summed E-state index contributed by atoms with van der Waals surface area (Å²) in [5, 5.41) is 11.0. The summed E-state index contributed by atoms with van der Waals surface area (Å²) in [6.07, 6.45) is 0. The number of aliphatic carboxylic acids is 1. The van der Waals surface area contributed by atoms with Crippen LogP contribution in [0.25, 0.3) is 0 Å². The summed E-state index contributed by atoms with van der Waals surface area (Å²) < 4.78 is 0. The standard InChI is InChI=1S/C15H20N2O3S/c1-11(12(2)15(19)20)14(18)17-7-5-16(6-8-17)10-13-4-3-9-21-13/h3-4,9H,5-8,10H2,1-2H3,(H,19,20). The second kappa shape index (κ2) is 6.87. The Balaban J connectivity index is 1.90. The maximum Gasteiger partial charge on any atom is 0.331 e. The third-order valence-corrected chi connectivity index (χ3v) is 4.68. The van der Waals surface area contributed by atoms with Crippen LogP contribution in [0.4, 0.5) is 0 Å². The van der Waals surface area contributed by atoms with Gasteiger partial charge in [0.05, 0.1) is 0 Å². The first-order chi connectivity index (χ1) is 9.99. The number of amides is 1. The van der Waals surface area contributed by atoms with Gasteiger partial charge in [-0.05, 0) is 25.3 Å². The molecule has 0 bridgehead atoms. The van der Waals surface area contributed by atoms with E-state index in [0.717, 1.165) is 19.6 Å². The first-order valence-electron chi connectivity index (χ1n) is 6.94. The highest BCUT2D eigenvalue weighted by Crippen LogP contribution is 2.15. The number of carboxylic acids is 1. The van der Waals surface area contributed by atoms with Crippen molar-refractivity contribution in [3.8, 4) is 0 Å². The third-order valence-electron chi connectivity index (χ3n) is 3.82. The Morgan fingerprint density at radius 3 is 2.38 bits per heavy atom. The molecule has 0 atom stereocenters. The number of piperazine rings is 1. The summed E-state index contributed by atoms with van der Waals surface area (Å²) in [6.45, 7) is 6.92. The Kier molecular flexibility index (Phi) is 5.14. The second-order valence-electron chi connectivity index (χ2n) is 5.20. The van der Waals surface area contributed by atoms with Crippen molar-refractivity contribution in [2.45, 2.75) is 20.4 Å². The van der Waals surface area contributed by atoms with Crippen molar-refractivity contribution in [3.63, 3.8) is 0 Å². The van der Waals surface area contributed by atoms with Crippen molar-refractivity contribution in [2.24, 2.45) is 0 Å². The molecule has 1 aliphatic heterocycles. The largest absolute Gasteiger partial charge is 0.478 e. The van der Waals surface area contributed by atoms with E-state index < -0.39 is 5.97 Å². The molecule has 1 aliphatic rings. The molecular weight excluding hydrogens is 288 g/mol. The van der Waals surface area contributed by atoms with Crippen LogP contribution in [-0.4, -0.2) is 53.0 Å². The van der Waals surface area contributed by atoms with E-state index in [1.54, 1.807) is 23.2 Å². The molecule has 0 saturated carbocycles. The van der Waals surface area contributed by atoms with Gasteiger partial charge >= 0.3 is 5.97 Å². The minimum absolute atomic E-state index is 0.126. The molecule has 1 aromatic heterocycles. The minimum Gasteiger partial charge on any atom is -0.478 e. The number of carbonyl (C=O) groups excluding carboxylic acids is 1. The van der Waals surface area contributed by atoms with Crippen LogP contribution in [-0.2, 0) is 16.1 Å². The quantitative estimate of drug-likeness (QED) is 0.862. The van der Waals surface area contributed by atoms with Gasteiger partial charge in [-0.15, -0.1) is 11.3 Å². The lowest BCUT2D eigenvalue weighted by molar-refractivity contribution is -0.134. The van der Waals surface area contributed by atoms with E-state index in [9.17, 15) is 9.59 Å². The van der Waals surface area contributed by atoms with Crippen LogP contribution in [0.1, 0.15) is 18.7 Å². The number of thiophene rings is 1. The molecular formula is C15H20N2O3S. The van der Waals surface area contributed by atoms with Crippen LogP contribution in [0.2, 0.25) is 0 Å². The van der Waals surface area contributed by atoms with Crippen LogP contribution < -0.4 is 0 Å². The van der Waals surface area contributed by atoms with Crippen molar-refractivity contribution in [3.05, 3.63) is 33.5 Å². The third kappa shape index (κ3) is 3.92. The normalized spacial score (nSPS) is 17.5. The van der Waals surface area contributed by atoms with Gasteiger partial charge in [0.1, 0.15) is 0 Å². The van der Waals surface area contributed by atoms with Gasteiger partial charge < -0.3 is 10.0 Å². The highest BCUT2D eigenvalue weighted by atomic mass is 32.1. The predicted molar refractivity (Wildman–Crippen MR) is 82.2 cm³/mol. The number of rotatable bonds is 4. The smallest absolute Gasteiger partial charge is 0.331 e. The molecule has 0 radical (unpaired) electrons. The van der Waals surface area contributed by atoms with Gasteiger partial charge in [0.2, 0.25) is 5.91 Å². The maximum atomic E-state index is 12.3. The van der Waals surface area contributed by atoms with Crippen LogP contribution in [0.3, 0.4) is 0 Å². The lowest BCUT2D eigenvalue weighted by Gasteiger charge is -2.34. The van der Waals surface area contributed by atoms with Crippen LogP contribution >= 0.6 is 11.3 Å². The fourth-order valence-corrected chi connectivity index (χ4v) is 3.04. The average molecular weight is 308 g/mol. The Hall–Kier alpha value is -1.66. The molecule has 0 aliphatic carbocycles. The van der Waals surface area contributed by atoms with Crippen molar-refractivity contribution < 1.29 is 14.7 Å². The van der Waals surface area contributed by atoms with Crippen LogP contribution in [0.5, 0.6) is 0 Å². The zero-order chi connectivity index (χ0) is 15.4. The molecule has 1 fully saturated rings. The summed E-state index contributed by atoms with van der Waals surface area (Å²) in [5.74, 6) is -1.19. The molecule has 2 heterocycles. The SMILES string of the molecule is CC(C(=O)O)=C(C)C(=O)N1CCN(Cc2cccs2)CC1. The fourth-order valence-electron chi connectivity index (χ4n) is 2.29. The minimum atomic E-state index is -1.03. The highest BCUT2D eigenvalue weighted by Gasteiger charge is 2.24. The van der Waals surface area contributed by atoms with Crippen molar-refractivity contribution in [1.29, 1.82) is 0 Å². The molecule has 0 aromatic carbocycles. The maximum absolute atomic E-state index is 12.3. The van der Waals surface area contributed by atoms with Gasteiger partial charge in [0, 0.05) is 48.7 Å². The highest BCUT2D eigenvalue weighted by molar-refractivity contribution is 7.09. The van der Waals surface area contributed by atoms with Gasteiger partial charge in [0.25, 0.3) is 0 Å². The van der Waals surface area contributed by atoms with E-state index in [2.05, 4.69) is 16.3 Å². The van der Waals surface area contributed by atoms with Crippen molar-refractivity contribution >= 4 is 23.2 Å². The second-order valence-corrected chi connectivity index (χ2v) is 6.24. The summed E-state index contributed by atoms with van der Waals surface area (Å²) in [6, 6.07) is 4.16. The molecule has 0 unspecified atom stereocenters. The summed E-state index contributed by atoms with van der Waals surface area (Å²) in [7, 11) is 0. The Morgan fingerprint density at radius 2 is 1.86 bits per heavy atom. The van der Waals surface area contributed by atoms with Gasteiger partial charge in [-0.25, -0.2) is 4.79 Å². The molecule has 114 valence electrons. The lowest BCUT2D eigenvalue weighted by atomic mass is 10.1. The predicted octanol–water partition coefficient (Wildman–Crippen LogP) is 1.81.